The molecular weight excluding hydrogens is 643 g/mol. The highest BCUT2D eigenvalue weighted by Gasteiger charge is 2.17. The molecule has 0 unspecified atom stereocenters. The first kappa shape index (κ1) is 33.4. The van der Waals surface area contributed by atoms with Crippen LogP contribution in [0.1, 0.15) is 23.6 Å². The molecule has 0 radical (unpaired) electrons. The number of aryl methyl sites for hydroxylation is 2. The summed E-state index contributed by atoms with van der Waals surface area (Å²) in [5.74, 6) is 1.91. The highest BCUT2D eigenvalue weighted by Crippen LogP contribution is 2.39. The van der Waals surface area contributed by atoms with E-state index in [0.29, 0.717) is 17.5 Å². The van der Waals surface area contributed by atoms with Crippen molar-refractivity contribution < 1.29 is 0 Å². The van der Waals surface area contributed by atoms with Crippen LogP contribution in [-0.4, -0.2) is 15.0 Å². The molecular formula is C50H39N3. The summed E-state index contributed by atoms with van der Waals surface area (Å²) in [6.45, 7) is 10.5. The smallest absolute Gasteiger partial charge is 0.164 e. The van der Waals surface area contributed by atoms with Gasteiger partial charge in [-0.15, -0.1) is 0 Å². The molecule has 0 aliphatic rings. The van der Waals surface area contributed by atoms with E-state index < -0.39 is 0 Å². The number of hydrogen-bond acceptors (Lipinski definition) is 3. The minimum absolute atomic E-state index is 0.624. The van der Waals surface area contributed by atoms with Crippen LogP contribution in [0, 0.1) is 13.8 Å². The van der Waals surface area contributed by atoms with Crippen molar-refractivity contribution in [2.24, 2.45) is 0 Å². The van der Waals surface area contributed by atoms with Crippen molar-refractivity contribution in [2.45, 2.75) is 20.8 Å². The second-order valence-electron chi connectivity index (χ2n) is 13.5. The quantitative estimate of drug-likeness (QED) is 0.118. The summed E-state index contributed by atoms with van der Waals surface area (Å²) >= 11 is 0. The van der Waals surface area contributed by atoms with Crippen LogP contribution in [0.4, 0.5) is 0 Å². The largest absolute Gasteiger partial charge is 0.208 e. The van der Waals surface area contributed by atoms with Crippen molar-refractivity contribution in [2.75, 3.05) is 0 Å². The Morgan fingerprint density at radius 2 is 0.981 bits per heavy atom. The van der Waals surface area contributed by atoms with Crippen LogP contribution < -0.4 is 0 Å². The van der Waals surface area contributed by atoms with Crippen LogP contribution in [0.15, 0.2) is 176 Å². The molecule has 3 heteroatoms. The van der Waals surface area contributed by atoms with Gasteiger partial charge in [0, 0.05) is 16.7 Å². The number of fused-ring (bicyclic) bond motifs is 3. The maximum Gasteiger partial charge on any atom is 0.164 e. The van der Waals surface area contributed by atoms with Crippen LogP contribution in [0.5, 0.6) is 0 Å². The number of rotatable bonds is 8. The van der Waals surface area contributed by atoms with E-state index in [1.165, 1.54) is 32.7 Å². The molecule has 0 saturated carbocycles. The second kappa shape index (κ2) is 14.5. The number of aromatic nitrogens is 3. The van der Waals surface area contributed by atoms with Crippen molar-refractivity contribution in [3.05, 3.63) is 193 Å². The predicted octanol–water partition coefficient (Wildman–Crippen LogP) is 13.3. The number of allylic oxidation sites excluding steroid dienone is 5. The van der Waals surface area contributed by atoms with E-state index in [9.17, 15) is 0 Å². The summed E-state index contributed by atoms with van der Waals surface area (Å²) in [5, 5.41) is 4.87. The van der Waals surface area contributed by atoms with Gasteiger partial charge in [0.05, 0.1) is 0 Å². The minimum atomic E-state index is 0.624. The van der Waals surface area contributed by atoms with Gasteiger partial charge in [0.15, 0.2) is 17.5 Å². The van der Waals surface area contributed by atoms with Crippen LogP contribution >= 0.6 is 0 Å². The summed E-state index contributed by atoms with van der Waals surface area (Å²) in [6, 6.07) is 51.7. The third-order valence-corrected chi connectivity index (χ3v) is 9.72. The Hall–Kier alpha value is -6.71. The zero-order valence-corrected chi connectivity index (χ0v) is 30.2. The van der Waals surface area contributed by atoms with E-state index >= 15 is 0 Å². The highest BCUT2D eigenvalue weighted by molar-refractivity contribution is 6.14. The van der Waals surface area contributed by atoms with E-state index in [0.717, 1.165) is 50.1 Å². The molecule has 0 aliphatic heterocycles. The molecule has 7 aromatic carbocycles. The molecule has 3 nitrogen and oxygen atoms in total. The standard InChI is InChI=1S/C50H39N3/c1-5-6-7-12-35(4)36-25-27-37(28-26-36)41-29-42(47-32-40-13-8-9-14-44(40)45-15-10-11-16-46(45)47)31-43(30-41)50-52-48(38-21-17-33(2)18-22-38)51-49(53-50)39-23-19-34(3)20-24-39/h5-32H,4H2,1-3H3/b6-5-,12-7-. The average molecular weight is 682 g/mol. The summed E-state index contributed by atoms with van der Waals surface area (Å²) < 4.78 is 0. The van der Waals surface area contributed by atoms with E-state index in [1.807, 2.05) is 31.2 Å². The zero-order valence-electron chi connectivity index (χ0n) is 30.2. The normalized spacial score (nSPS) is 11.6. The zero-order chi connectivity index (χ0) is 36.3. The third-order valence-electron chi connectivity index (χ3n) is 9.72. The lowest BCUT2D eigenvalue weighted by molar-refractivity contribution is 1.07. The lowest BCUT2D eigenvalue weighted by atomic mass is 9.90. The van der Waals surface area contributed by atoms with Gasteiger partial charge in [-0.2, -0.15) is 0 Å². The van der Waals surface area contributed by atoms with Crippen molar-refractivity contribution in [1.82, 2.24) is 15.0 Å². The van der Waals surface area contributed by atoms with Crippen LogP contribution in [0.3, 0.4) is 0 Å². The fourth-order valence-corrected chi connectivity index (χ4v) is 6.80. The SMILES string of the molecule is C=C(/C=C\C=C/C)c1ccc(-c2cc(-c3nc(-c4ccc(C)cc4)nc(-c4ccc(C)cc4)n3)cc(-c3cc4ccccc4c4ccccc34)c2)cc1. The summed E-state index contributed by atoms with van der Waals surface area (Å²) in [5.41, 5.74) is 11.6. The molecule has 0 atom stereocenters. The van der Waals surface area contributed by atoms with Gasteiger partial charge >= 0.3 is 0 Å². The van der Waals surface area contributed by atoms with E-state index in [2.05, 4.69) is 166 Å². The van der Waals surface area contributed by atoms with Gasteiger partial charge in [0.2, 0.25) is 0 Å². The molecule has 0 amide bonds. The van der Waals surface area contributed by atoms with Gasteiger partial charge in [-0.3, -0.25) is 0 Å². The fourth-order valence-electron chi connectivity index (χ4n) is 6.80. The van der Waals surface area contributed by atoms with E-state index in [4.69, 9.17) is 15.0 Å². The average Bonchev–Trinajstić information content (AvgIpc) is 3.21. The maximum absolute atomic E-state index is 5.15. The summed E-state index contributed by atoms with van der Waals surface area (Å²) in [7, 11) is 0. The first-order chi connectivity index (χ1) is 25.9. The topological polar surface area (TPSA) is 38.7 Å². The Bertz CT molecular complexity index is 2620. The van der Waals surface area contributed by atoms with E-state index in [-0.39, 0.29) is 0 Å². The predicted molar refractivity (Wildman–Crippen MR) is 224 cm³/mol. The first-order valence-electron chi connectivity index (χ1n) is 18.0. The molecule has 0 aliphatic carbocycles. The van der Waals surface area contributed by atoms with Gasteiger partial charge < -0.3 is 0 Å². The fraction of sp³-hybridized carbons (Fsp3) is 0.0600. The highest BCUT2D eigenvalue weighted by atomic mass is 15.0. The van der Waals surface area contributed by atoms with E-state index in [1.54, 1.807) is 0 Å². The molecule has 1 heterocycles. The number of hydrogen-bond donors (Lipinski definition) is 0. The van der Waals surface area contributed by atoms with Crippen molar-refractivity contribution >= 4 is 27.1 Å². The lowest BCUT2D eigenvalue weighted by Gasteiger charge is -2.15. The molecule has 1 aromatic heterocycles. The summed E-state index contributed by atoms with van der Waals surface area (Å²) in [6.07, 6.45) is 8.08. The molecule has 0 fully saturated rings. The second-order valence-corrected chi connectivity index (χ2v) is 13.5. The number of nitrogens with zero attached hydrogens (tertiary/aromatic N) is 3. The molecule has 0 saturated heterocycles. The number of benzene rings is 7. The molecule has 254 valence electrons. The molecule has 0 N–H and O–H groups in total. The Morgan fingerprint density at radius 3 is 1.60 bits per heavy atom. The monoisotopic (exact) mass is 681 g/mol. The van der Waals surface area contributed by atoms with Gasteiger partial charge in [-0.25, -0.2) is 15.0 Å². The first-order valence-corrected chi connectivity index (χ1v) is 18.0. The Morgan fingerprint density at radius 1 is 0.472 bits per heavy atom. The third kappa shape index (κ3) is 6.98. The summed E-state index contributed by atoms with van der Waals surface area (Å²) in [4.78, 5) is 15.3. The van der Waals surface area contributed by atoms with Gasteiger partial charge in [0.1, 0.15) is 0 Å². The van der Waals surface area contributed by atoms with Crippen molar-refractivity contribution in [3.8, 4) is 56.4 Å². The van der Waals surface area contributed by atoms with Crippen molar-refractivity contribution in [3.63, 3.8) is 0 Å². The van der Waals surface area contributed by atoms with Gasteiger partial charge in [-0.05, 0) is 100.0 Å². The van der Waals surface area contributed by atoms with Gasteiger partial charge in [0.25, 0.3) is 0 Å². The minimum Gasteiger partial charge on any atom is -0.208 e. The Kier molecular flexibility index (Phi) is 9.14. The maximum atomic E-state index is 5.15. The van der Waals surface area contributed by atoms with Crippen LogP contribution in [0.25, 0.3) is 83.5 Å². The Balaban J connectivity index is 1.35. The molecule has 8 rings (SSSR count). The Labute approximate surface area is 311 Å². The molecule has 53 heavy (non-hydrogen) atoms. The van der Waals surface area contributed by atoms with Crippen LogP contribution in [0.2, 0.25) is 0 Å². The van der Waals surface area contributed by atoms with Crippen LogP contribution in [-0.2, 0) is 0 Å². The van der Waals surface area contributed by atoms with Crippen molar-refractivity contribution in [1.29, 1.82) is 0 Å². The molecule has 0 spiro atoms. The van der Waals surface area contributed by atoms with Gasteiger partial charge in [-0.1, -0.05) is 163 Å². The molecule has 8 aromatic rings. The lowest BCUT2D eigenvalue weighted by Crippen LogP contribution is -2.01. The molecule has 0 bridgehead atoms.